The largest absolute Gasteiger partial charge is 0.468 e. The molecule has 0 unspecified atom stereocenters. The second-order valence-electron chi connectivity index (χ2n) is 9.79. The summed E-state index contributed by atoms with van der Waals surface area (Å²) in [6.07, 6.45) is 1.94. The van der Waals surface area contributed by atoms with E-state index in [9.17, 15) is 24.0 Å². The highest BCUT2D eigenvalue weighted by atomic mass is 16.5. The number of esters is 2. The number of benzene rings is 3. The predicted molar refractivity (Wildman–Crippen MR) is 158 cm³/mol. The Morgan fingerprint density at radius 2 is 1.44 bits per heavy atom. The number of hydrogen-bond acceptors (Lipinski definition) is 7. The summed E-state index contributed by atoms with van der Waals surface area (Å²) < 4.78 is 9.72. The molecule has 3 amide bonds. The summed E-state index contributed by atoms with van der Waals surface area (Å²) >= 11 is 0. The second-order valence-corrected chi connectivity index (χ2v) is 9.79. The van der Waals surface area contributed by atoms with Gasteiger partial charge in [0.2, 0.25) is 5.91 Å². The fourth-order valence-corrected chi connectivity index (χ4v) is 5.01. The smallest absolute Gasteiger partial charge is 0.325 e. The van der Waals surface area contributed by atoms with Gasteiger partial charge < -0.3 is 25.0 Å². The van der Waals surface area contributed by atoms with E-state index in [2.05, 4.69) is 15.4 Å². The van der Waals surface area contributed by atoms with Crippen molar-refractivity contribution in [3.63, 3.8) is 0 Å². The minimum atomic E-state index is -1.74. The van der Waals surface area contributed by atoms with E-state index in [0.29, 0.717) is 16.8 Å². The zero-order valence-corrected chi connectivity index (χ0v) is 23.9. The van der Waals surface area contributed by atoms with Crippen LogP contribution in [-0.4, -0.2) is 61.4 Å². The third-order valence-electron chi connectivity index (χ3n) is 7.07. The van der Waals surface area contributed by atoms with Gasteiger partial charge in [-0.1, -0.05) is 97.9 Å². The van der Waals surface area contributed by atoms with Gasteiger partial charge in [-0.05, 0) is 22.8 Å². The molecule has 43 heavy (non-hydrogen) atoms. The molecule has 222 valence electrons. The maximum Gasteiger partial charge on any atom is 0.325 e. The van der Waals surface area contributed by atoms with E-state index in [1.54, 1.807) is 37.3 Å². The van der Waals surface area contributed by atoms with Gasteiger partial charge in [0.25, 0.3) is 11.8 Å². The van der Waals surface area contributed by atoms with Crippen molar-refractivity contribution in [3.05, 3.63) is 114 Å². The monoisotopic (exact) mass is 583 g/mol. The lowest BCUT2D eigenvalue weighted by molar-refractivity contribution is -0.150. The number of methoxy groups -OCH3 is 1. The normalized spacial score (nSPS) is 17.8. The first-order chi connectivity index (χ1) is 20.8. The Labute approximate surface area is 249 Å². The highest BCUT2D eigenvalue weighted by Crippen LogP contribution is 2.46. The van der Waals surface area contributed by atoms with Gasteiger partial charge in [-0.2, -0.15) is 0 Å². The van der Waals surface area contributed by atoms with E-state index in [-0.39, 0.29) is 13.0 Å². The molecule has 10 heteroatoms. The molecule has 0 saturated carbocycles. The summed E-state index contributed by atoms with van der Waals surface area (Å²) in [5, 5.41) is 5.39. The van der Waals surface area contributed by atoms with Crippen molar-refractivity contribution in [1.82, 2.24) is 15.5 Å². The van der Waals surface area contributed by atoms with Crippen LogP contribution in [0.15, 0.2) is 97.1 Å². The first-order valence-electron chi connectivity index (χ1n) is 13.8. The summed E-state index contributed by atoms with van der Waals surface area (Å²) in [6, 6.07) is 27.1. The van der Waals surface area contributed by atoms with Gasteiger partial charge in [0, 0.05) is 18.0 Å². The van der Waals surface area contributed by atoms with E-state index in [4.69, 9.17) is 4.74 Å². The number of nitrogens with zero attached hydrogens (tertiary/aromatic N) is 1. The lowest BCUT2D eigenvalue weighted by Crippen LogP contribution is -2.63. The summed E-state index contributed by atoms with van der Waals surface area (Å²) in [4.78, 5) is 66.3. The topological polar surface area (TPSA) is 131 Å². The van der Waals surface area contributed by atoms with Crippen LogP contribution in [0.3, 0.4) is 0 Å². The van der Waals surface area contributed by atoms with Crippen molar-refractivity contribution in [3.8, 4) is 0 Å². The Morgan fingerprint density at radius 1 is 0.837 bits per heavy atom. The standard InChI is InChI=1S/C33H33N3O7/c1-3-30(39)43-22-29(38)35-33(25-17-11-6-12-18-25)26(23-13-7-4-8-14-23)19-27(24-15-9-5-10-16-24)36(32(33)41)21-28(37)34-20-31(40)42-2/h4-19,26H,3,20-22H2,1-2H3,(H,34,37)(H,35,38)/t26-,33+/m0/s1. The van der Waals surface area contributed by atoms with Gasteiger partial charge in [-0.3, -0.25) is 24.0 Å². The van der Waals surface area contributed by atoms with Crippen molar-refractivity contribution >= 4 is 35.4 Å². The minimum absolute atomic E-state index is 0.0836. The molecular formula is C33H33N3O7. The van der Waals surface area contributed by atoms with E-state index < -0.39 is 54.3 Å². The number of hydrogen-bond donors (Lipinski definition) is 2. The molecule has 1 aliphatic heterocycles. The lowest BCUT2D eigenvalue weighted by Gasteiger charge is -2.47. The van der Waals surface area contributed by atoms with Gasteiger partial charge in [0.15, 0.2) is 12.1 Å². The third kappa shape index (κ3) is 6.98. The number of carbonyl (C=O) groups is 5. The molecule has 3 aromatic carbocycles. The first-order valence-corrected chi connectivity index (χ1v) is 13.8. The molecule has 2 N–H and O–H groups in total. The van der Waals surface area contributed by atoms with Gasteiger partial charge >= 0.3 is 11.9 Å². The number of amides is 3. The molecule has 0 aromatic heterocycles. The highest BCUT2D eigenvalue weighted by molar-refractivity contribution is 6.03. The highest BCUT2D eigenvalue weighted by Gasteiger charge is 2.54. The Bertz CT molecular complexity index is 1490. The van der Waals surface area contributed by atoms with Gasteiger partial charge in [-0.25, -0.2) is 0 Å². The molecule has 2 atom stereocenters. The van der Waals surface area contributed by atoms with Gasteiger partial charge in [-0.15, -0.1) is 0 Å². The van der Waals surface area contributed by atoms with E-state index in [1.165, 1.54) is 12.0 Å². The van der Waals surface area contributed by atoms with Crippen molar-refractivity contribution in [1.29, 1.82) is 0 Å². The van der Waals surface area contributed by atoms with Gasteiger partial charge in [0.1, 0.15) is 13.1 Å². The van der Waals surface area contributed by atoms with E-state index in [1.807, 2.05) is 66.7 Å². The zero-order chi connectivity index (χ0) is 30.8. The lowest BCUT2D eigenvalue weighted by atomic mass is 9.70. The predicted octanol–water partition coefficient (Wildman–Crippen LogP) is 2.91. The summed E-state index contributed by atoms with van der Waals surface area (Å²) in [7, 11) is 1.21. The average molecular weight is 584 g/mol. The molecule has 0 spiro atoms. The van der Waals surface area contributed by atoms with Crippen LogP contribution < -0.4 is 10.6 Å². The maximum absolute atomic E-state index is 15.0. The molecule has 0 radical (unpaired) electrons. The van der Waals surface area contributed by atoms with Crippen LogP contribution in [0.25, 0.3) is 5.70 Å². The van der Waals surface area contributed by atoms with Crippen LogP contribution in [0, 0.1) is 0 Å². The van der Waals surface area contributed by atoms with Gasteiger partial charge in [0.05, 0.1) is 7.11 Å². The summed E-state index contributed by atoms with van der Waals surface area (Å²) in [6.45, 7) is 0.191. The van der Waals surface area contributed by atoms with Crippen molar-refractivity contribution in [2.75, 3.05) is 26.8 Å². The van der Waals surface area contributed by atoms with Crippen LogP contribution >= 0.6 is 0 Å². The molecule has 10 nitrogen and oxygen atoms in total. The quantitative estimate of drug-likeness (QED) is 0.332. The molecule has 1 heterocycles. The second kappa shape index (κ2) is 14.1. The molecule has 0 saturated heterocycles. The molecule has 1 aliphatic rings. The van der Waals surface area contributed by atoms with E-state index in [0.717, 1.165) is 5.56 Å². The van der Waals surface area contributed by atoms with Crippen molar-refractivity contribution < 1.29 is 33.4 Å². The zero-order valence-electron chi connectivity index (χ0n) is 23.9. The molecule has 0 fully saturated rings. The average Bonchev–Trinajstić information content (AvgIpc) is 3.05. The molecule has 0 bridgehead atoms. The number of nitrogens with one attached hydrogen (secondary N) is 2. The molecular weight excluding hydrogens is 550 g/mol. The first kappa shape index (κ1) is 30.7. The minimum Gasteiger partial charge on any atom is -0.468 e. The number of ether oxygens (including phenoxy) is 2. The fraction of sp³-hybridized carbons (Fsp3) is 0.242. The van der Waals surface area contributed by atoms with Crippen molar-refractivity contribution in [2.45, 2.75) is 24.8 Å². The maximum atomic E-state index is 15.0. The van der Waals surface area contributed by atoms with Crippen LogP contribution in [0.4, 0.5) is 0 Å². The molecule has 4 rings (SSSR count). The van der Waals surface area contributed by atoms with Crippen LogP contribution in [0.5, 0.6) is 0 Å². The van der Waals surface area contributed by atoms with Crippen LogP contribution in [-0.2, 0) is 39.0 Å². The van der Waals surface area contributed by atoms with Crippen molar-refractivity contribution in [2.24, 2.45) is 0 Å². The Hall–Kier alpha value is -5.25. The molecule has 0 aliphatic carbocycles. The fourth-order valence-electron chi connectivity index (χ4n) is 5.01. The van der Waals surface area contributed by atoms with E-state index >= 15 is 0 Å². The van der Waals surface area contributed by atoms with Crippen LogP contribution in [0.2, 0.25) is 0 Å². The number of carbonyl (C=O) groups excluding carboxylic acids is 5. The third-order valence-corrected chi connectivity index (χ3v) is 7.07. The Kier molecular flexibility index (Phi) is 10.1. The van der Waals surface area contributed by atoms with Crippen LogP contribution in [0.1, 0.15) is 36.0 Å². The Morgan fingerprint density at radius 3 is 2.05 bits per heavy atom. The SMILES string of the molecule is CCC(=O)OCC(=O)N[C@@]1(c2ccccc2)C(=O)N(CC(=O)NCC(=O)OC)C(c2ccccc2)=C[C@H]1c1ccccc1. The number of rotatable bonds is 11. The molecule has 3 aromatic rings. The Balaban J connectivity index is 1.91. The summed E-state index contributed by atoms with van der Waals surface area (Å²) in [5.41, 5.74) is 0.577. The summed E-state index contributed by atoms with van der Waals surface area (Å²) in [5.74, 6) is -3.82.